The van der Waals surface area contributed by atoms with Crippen LogP contribution in [0.3, 0.4) is 0 Å². The first-order valence-corrected chi connectivity index (χ1v) is 6.15. The van der Waals surface area contributed by atoms with Gasteiger partial charge >= 0.3 is 0 Å². The predicted molar refractivity (Wildman–Crippen MR) is 66.7 cm³/mol. The van der Waals surface area contributed by atoms with Crippen LogP contribution in [0.4, 0.5) is 11.8 Å². The van der Waals surface area contributed by atoms with E-state index >= 15 is 0 Å². The van der Waals surface area contributed by atoms with Crippen molar-refractivity contribution in [3.63, 3.8) is 0 Å². The molecule has 92 valence electrons. The molecule has 2 fully saturated rings. The fourth-order valence-electron chi connectivity index (χ4n) is 2.79. The van der Waals surface area contributed by atoms with Gasteiger partial charge in [-0.2, -0.15) is 4.98 Å². The minimum absolute atomic E-state index is 0.483. The van der Waals surface area contributed by atoms with Crippen LogP contribution in [0, 0.1) is 0 Å². The van der Waals surface area contributed by atoms with E-state index < -0.39 is 0 Å². The van der Waals surface area contributed by atoms with Crippen LogP contribution in [0.1, 0.15) is 12.8 Å². The summed E-state index contributed by atoms with van der Waals surface area (Å²) in [4.78, 5) is 13.3. The molecule has 0 amide bonds. The van der Waals surface area contributed by atoms with E-state index in [9.17, 15) is 0 Å². The third-order valence-electron chi connectivity index (χ3n) is 3.68. The summed E-state index contributed by atoms with van der Waals surface area (Å²) in [7, 11) is 0. The first kappa shape index (κ1) is 10.7. The SMILES string of the molecule is NNc1nccc(N2CCN3CCCC3C2)n1. The number of aromatic nitrogens is 2. The summed E-state index contributed by atoms with van der Waals surface area (Å²) >= 11 is 0. The lowest BCUT2D eigenvalue weighted by atomic mass is 10.1. The number of nitrogen functional groups attached to an aromatic ring is 1. The van der Waals surface area contributed by atoms with Crippen molar-refractivity contribution in [2.45, 2.75) is 18.9 Å². The van der Waals surface area contributed by atoms with E-state index in [0.717, 1.165) is 25.5 Å². The standard InChI is InChI=1S/C11H18N6/c12-15-11-13-4-3-10(14-11)17-7-6-16-5-1-2-9(16)8-17/h3-4,9H,1-2,5-8,12H2,(H,13,14,15). The molecule has 1 aromatic rings. The van der Waals surface area contributed by atoms with Crippen molar-refractivity contribution >= 4 is 11.8 Å². The van der Waals surface area contributed by atoms with E-state index in [1.807, 2.05) is 6.07 Å². The number of hydrogen-bond acceptors (Lipinski definition) is 6. The van der Waals surface area contributed by atoms with Crippen LogP contribution in [0.25, 0.3) is 0 Å². The van der Waals surface area contributed by atoms with E-state index in [2.05, 4.69) is 25.2 Å². The Morgan fingerprint density at radius 3 is 3.18 bits per heavy atom. The molecule has 1 atom stereocenters. The lowest BCUT2D eigenvalue weighted by Gasteiger charge is -2.38. The molecule has 2 saturated heterocycles. The summed E-state index contributed by atoms with van der Waals surface area (Å²) in [5, 5.41) is 0. The molecule has 1 aromatic heterocycles. The second-order valence-electron chi connectivity index (χ2n) is 4.66. The smallest absolute Gasteiger partial charge is 0.239 e. The average Bonchev–Trinajstić information content (AvgIpc) is 2.86. The number of piperazine rings is 1. The number of hydrogen-bond donors (Lipinski definition) is 2. The highest BCUT2D eigenvalue weighted by atomic mass is 15.3. The molecule has 0 aliphatic carbocycles. The van der Waals surface area contributed by atoms with E-state index in [4.69, 9.17) is 5.84 Å². The molecule has 3 N–H and O–H groups in total. The summed E-state index contributed by atoms with van der Waals surface area (Å²) < 4.78 is 0. The number of fused-ring (bicyclic) bond motifs is 1. The van der Waals surface area contributed by atoms with Crippen LogP contribution < -0.4 is 16.2 Å². The van der Waals surface area contributed by atoms with Crippen molar-refractivity contribution < 1.29 is 0 Å². The number of nitrogens with zero attached hydrogens (tertiary/aromatic N) is 4. The summed E-state index contributed by atoms with van der Waals surface area (Å²) in [6.45, 7) is 4.51. The van der Waals surface area contributed by atoms with Gasteiger partial charge in [0.15, 0.2) is 0 Å². The van der Waals surface area contributed by atoms with Crippen LogP contribution in [-0.2, 0) is 0 Å². The third-order valence-corrected chi connectivity index (χ3v) is 3.68. The molecule has 3 rings (SSSR count). The first-order valence-electron chi connectivity index (χ1n) is 6.15. The second-order valence-corrected chi connectivity index (χ2v) is 4.66. The maximum absolute atomic E-state index is 5.33. The van der Waals surface area contributed by atoms with Gasteiger partial charge in [-0.05, 0) is 25.5 Å². The van der Waals surface area contributed by atoms with Crippen molar-refractivity contribution in [1.82, 2.24) is 14.9 Å². The minimum Gasteiger partial charge on any atom is -0.354 e. The van der Waals surface area contributed by atoms with Crippen molar-refractivity contribution in [1.29, 1.82) is 0 Å². The van der Waals surface area contributed by atoms with Gasteiger partial charge in [0.25, 0.3) is 0 Å². The van der Waals surface area contributed by atoms with Crippen molar-refractivity contribution in [3.05, 3.63) is 12.3 Å². The molecule has 6 heteroatoms. The Morgan fingerprint density at radius 1 is 1.35 bits per heavy atom. The summed E-state index contributed by atoms with van der Waals surface area (Å²) in [6.07, 6.45) is 4.39. The third kappa shape index (κ3) is 2.05. The monoisotopic (exact) mass is 234 g/mol. The van der Waals surface area contributed by atoms with Crippen LogP contribution >= 0.6 is 0 Å². The van der Waals surface area contributed by atoms with Gasteiger partial charge in [0.05, 0.1) is 0 Å². The quantitative estimate of drug-likeness (QED) is 0.556. The molecular formula is C11H18N6. The van der Waals surface area contributed by atoms with Crippen LogP contribution in [0.5, 0.6) is 0 Å². The van der Waals surface area contributed by atoms with Crippen LogP contribution in [0.15, 0.2) is 12.3 Å². The number of anilines is 2. The normalized spacial score (nSPS) is 24.8. The highest BCUT2D eigenvalue weighted by Crippen LogP contribution is 2.24. The Morgan fingerprint density at radius 2 is 2.29 bits per heavy atom. The molecule has 0 bridgehead atoms. The van der Waals surface area contributed by atoms with Crippen molar-refractivity contribution in [2.75, 3.05) is 36.5 Å². The lowest BCUT2D eigenvalue weighted by Crippen LogP contribution is -2.50. The molecule has 0 spiro atoms. The molecule has 2 aliphatic rings. The Labute approximate surface area is 101 Å². The number of hydrazine groups is 1. The fourth-order valence-corrected chi connectivity index (χ4v) is 2.79. The summed E-state index contributed by atoms with van der Waals surface area (Å²) in [5.74, 6) is 6.79. The molecule has 17 heavy (non-hydrogen) atoms. The zero-order valence-electron chi connectivity index (χ0n) is 9.84. The number of nitrogens with two attached hydrogens (primary N) is 1. The van der Waals surface area contributed by atoms with E-state index in [1.54, 1.807) is 6.20 Å². The summed E-state index contributed by atoms with van der Waals surface area (Å²) in [5.41, 5.74) is 2.49. The average molecular weight is 234 g/mol. The maximum atomic E-state index is 5.33. The van der Waals surface area contributed by atoms with Crippen LogP contribution in [-0.4, -0.2) is 47.1 Å². The Balaban J connectivity index is 1.75. The zero-order valence-corrected chi connectivity index (χ0v) is 9.84. The van der Waals surface area contributed by atoms with Gasteiger partial charge in [-0.15, -0.1) is 0 Å². The highest BCUT2D eigenvalue weighted by molar-refractivity contribution is 5.42. The predicted octanol–water partition coefficient (Wildman–Crippen LogP) is 0.0466. The van der Waals surface area contributed by atoms with Gasteiger partial charge in [-0.3, -0.25) is 10.3 Å². The largest absolute Gasteiger partial charge is 0.354 e. The van der Waals surface area contributed by atoms with Gasteiger partial charge in [-0.25, -0.2) is 10.8 Å². The number of nitrogens with one attached hydrogen (secondary N) is 1. The minimum atomic E-state index is 0.483. The lowest BCUT2D eigenvalue weighted by molar-refractivity contribution is 0.230. The second kappa shape index (κ2) is 4.46. The van der Waals surface area contributed by atoms with E-state index in [1.165, 1.54) is 19.4 Å². The highest BCUT2D eigenvalue weighted by Gasteiger charge is 2.30. The maximum Gasteiger partial charge on any atom is 0.239 e. The van der Waals surface area contributed by atoms with Gasteiger partial charge in [0.1, 0.15) is 5.82 Å². The van der Waals surface area contributed by atoms with E-state index in [-0.39, 0.29) is 0 Å². The first-order chi connectivity index (χ1) is 8.36. The fraction of sp³-hybridized carbons (Fsp3) is 0.636. The van der Waals surface area contributed by atoms with Gasteiger partial charge in [-0.1, -0.05) is 0 Å². The van der Waals surface area contributed by atoms with Gasteiger partial charge in [0, 0.05) is 31.9 Å². The zero-order chi connectivity index (χ0) is 11.7. The Bertz CT molecular complexity index is 395. The molecule has 0 saturated carbocycles. The molecule has 0 aromatic carbocycles. The molecule has 1 unspecified atom stereocenters. The Hall–Kier alpha value is -1.40. The van der Waals surface area contributed by atoms with Crippen LogP contribution in [0.2, 0.25) is 0 Å². The van der Waals surface area contributed by atoms with Crippen molar-refractivity contribution in [3.8, 4) is 0 Å². The van der Waals surface area contributed by atoms with E-state index in [0.29, 0.717) is 12.0 Å². The molecular weight excluding hydrogens is 216 g/mol. The molecule has 3 heterocycles. The molecule has 6 nitrogen and oxygen atoms in total. The molecule has 0 radical (unpaired) electrons. The summed E-state index contributed by atoms with van der Waals surface area (Å²) in [6, 6.07) is 2.65. The number of rotatable bonds is 2. The Kier molecular flexibility index (Phi) is 2.82. The van der Waals surface area contributed by atoms with Gasteiger partial charge in [0.2, 0.25) is 5.95 Å². The molecule has 2 aliphatic heterocycles. The van der Waals surface area contributed by atoms with Gasteiger partial charge < -0.3 is 4.90 Å². The topological polar surface area (TPSA) is 70.3 Å². The van der Waals surface area contributed by atoms with Crippen molar-refractivity contribution in [2.24, 2.45) is 5.84 Å².